The summed E-state index contributed by atoms with van der Waals surface area (Å²) in [6.45, 7) is 3.78. The SMILES string of the molecule is C=C(NNS(=O)(=O)c1ccccc1)c1ccccc1. The number of rotatable bonds is 5. The highest BCUT2D eigenvalue weighted by Gasteiger charge is 2.12. The maximum atomic E-state index is 12.0. The Bertz CT molecular complexity index is 652. The summed E-state index contributed by atoms with van der Waals surface area (Å²) in [6, 6.07) is 17.4. The van der Waals surface area contributed by atoms with Crippen molar-refractivity contribution >= 4 is 15.7 Å². The van der Waals surface area contributed by atoms with Gasteiger partial charge in [0.2, 0.25) is 0 Å². The van der Waals surface area contributed by atoms with Gasteiger partial charge >= 0.3 is 0 Å². The summed E-state index contributed by atoms with van der Waals surface area (Å²) in [5, 5.41) is 0. The van der Waals surface area contributed by atoms with Gasteiger partial charge in [-0.15, -0.1) is 4.83 Å². The Hall–Kier alpha value is -2.11. The van der Waals surface area contributed by atoms with Crippen LogP contribution >= 0.6 is 0 Å². The summed E-state index contributed by atoms with van der Waals surface area (Å²) < 4.78 is 23.9. The molecule has 0 saturated heterocycles. The molecule has 0 radical (unpaired) electrons. The van der Waals surface area contributed by atoms with Crippen LogP contribution in [0.5, 0.6) is 0 Å². The Morgan fingerprint density at radius 3 is 2.00 bits per heavy atom. The predicted molar refractivity (Wildman–Crippen MR) is 75.4 cm³/mol. The Morgan fingerprint density at radius 1 is 0.895 bits per heavy atom. The Morgan fingerprint density at radius 2 is 1.42 bits per heavy atom. The van der Waals surface area contributed by atoms with Crippen molar-refractivity contribution in [3.63, 3.8) is 0 Å². The molecule has 0 atom stereocenters. The van der Waals surface area contributed by atoms with Crippen molar-refractivity contribution in [3.8, 4) is 0 Å². The van der Waals surface area contributed by atoms with E-state index >= 15 is 0 Å². The van der Waals surface area contributed by atoms with Gasteiger partial charge in [0, 0.05) is 5.70 Å². The average molecular weight is 274 g/mol. The van der Waals surface area contributed by atoms with E-state index in [1.54, 1.807) is 18.2 Å². The normalized spacial score (nSPS) is 10.9. The summed E-state index contributed by atoms with van der Waals surface area (Å²) in [5.41, 5.74) is 3.91. The second-order valence-electron chi connectivity index (χ2n) is 3.89. The van der Waals surface area contributed by atoms with Gasteiger partial charge in [0.15, 0.2) is 0 Å². The van der Waals surface area contributed by atoms with E-state index in [0.717, 1.165) is 5.56 Å². The molecule has 0 aliphatic heterocycles. The molecule has 0 aromatic heterocycles. The maximum absolute atomic E-state index is 12.0. The van der Waals surface area contributed by atoms with Crippen LogP contribution in [-0.2, 0) is 10.0 Å². The number of benzene rings is 2. The molecule has 0 heterocycles. The van der Waals surface area contributed by atoms with Gasteiger partial charge in [-0.25, -0.2) is 8.42 Å². The molecule has 19 heavy (non-hydrogen) atoms. The van der Waals surface area contributed by atoms with Crippen LogP contribution in [0.3, 0.4) is 0 Å². The predicted octanol–water partition coefficient (Wildman–Crippen LogP) is 2.14. The van der Waals surface area contributed by atoms with E-state index in [0.29, 0.717) is 5.70 Å². The first-order chi connectivity index (χ1) is 9.09. The van der Waals surface area contributed by atoms with E-state index in [9.17, 15) is 8.42 Å². The fourth-order valence-electron chi connectivity index (χ4n) is 1.50. The fourth-order valence-corrected chi connectivity index (χ4v) is 2.39. The van der Waals surface area contributed by atoms with Gasteiger partial charge in [-0.05, 0) is 17.7 Å². The van der Waals surface area contributed by atoms with Crippen LogP contribution in [0.1, 0.15) is 5.56 Å². The zero-order chi connectivity index (χ0) is 13.7. The first kappa shape index (κ1) is 13.3. The standard InChI is InChI=1S/C14H14N2O2S/c1-12(13-8-4-2-5-9-13)15-16-19(17,18)14-10-6-3-7-11-14/h2-11,15-16H,1H2. The molecule has 0 aliphatic carbocycles. The average Bonchev–Trinajstić information content (AvgIpc) is 2.47. The third kappa shape index (κ3) is 3.43. The highest BCUT2D eigenvalue weighted by molar-refractivity contribution is 7.89. The number of hydrazine groups is 1. The van der Waals surface area contributed by atoms with Crippen LogP contribution in [0.2, 0.25) is 0 Å². The summed E-state index contributed by atoms with van der Waals surface area (Å²) in [5.74, 6) is 0. The second-order valence-corrected chi connectivity index (χ2v) is 5.57. The van der Waals surface area contributed by atoms with E-state index in [-0.39, 0.29) is 4.90 Å². The van der Waals surface area contributed by atoms with Crippen molar-refractivity contribution in [3.05, 3.63) is 72.8 Å². The largest absolute Gasteiger partial charge is 0.308 e. The Labute approximate surface area is 112 Å². The van der Waals surface area contributed by atoms with E-state index in [2.05, 4.69) is 16.8 Å². The van der Waals surface area contributed by atoms with Crippen molar-refractivity contribution in [2.24, 2.45) is 0 Å². The monoisotopic (exact) mass is 274 g/mol. The molecule has 2 aromatic carbocycles. The van der Waals surface area contributed by atoms with Crippen molar-refractivity contribution in [1.29, 1.82) is 0 Å². The van der Waals surface area contributed by atoms with Gasteiger partial charge in [-0.3, -0.25) is 0 Å². The minimum atomic E-state index is -3.59. The summed E-state index contributed by atoms with van der Waals surface area (Å²) in [7, 11) is -3.59. The smallest absolute Gasteiger partial charge is 0.257 e. The molecule has 0 unspecified atom stereocenters. The first-order valence-corrected chi connectivity index (χ1v) is 7.15. The fraction of sp³-hybridized carbons (Fsp3) is 0. The molecule has 4 nitrogen and oxygen atoms in total. The second kappa shape index (κ2) is 5.69. The molecule has 0 spiro atoms. The third-order valence-corrected chi connectivity index (χ3v) is 3.78. The molecule has 5 heteroatoms. The molecule has 0 aliphatic rings. The molecule has 0 bridgehead atoms. The molecular formula is C14H14N2O2S. The molecule has 0 fully saturated rings. The molecular weight excluding hydrogens is 260 g/mol. The lowest BCUT2D eigenvalue weighted by Gasteiger charge is -2.11. The zero-order valence-electron chi connectivity index (χ0n) is 10.2. The molecule has 0 saturated carbocycles. The van der Waals surface area contributed by atoms with Gasteiger partial charge in [-0.1, -0.05) is 55.1 Å². The van der Waals surface area contributed by atoms with Crippen LogP contribution < -0.4 is 10.3 Å². The van der Waals surface area contributed by atoms with Crippen LogP contribution in [0.15, 0.2) is 72.1 Å². The lowest BCUT2D eigenvalue weighted by molar-refractivity contribution is 0.576. The quantitative estimate of drug-likeness (QED) is 0.821. The topological polar surface area (TPSA) is 58.2 Å². The van der Waals surface area contributed by atoms with E-state index in [4.69, 9.17) is 0 Å². The Kier molecular flexibility index (Phi) is 3.99. The lowest BCUT2D eigenvalue weighted by atomic mass is 10.2. The summed E-state index contributed by atoms with van der Waals surface area (Å²) >= 11 is 0. The summed E-state index contributed by atoms with van der Waals surface area (Å²) in [4.78, 5) is 2.49. The van der Waals surface area contributed by atoms with Gasteiger partial charge in [0.05, 0.1) is 4.90 Å². The van der Waals surface area contributed by atoms with Crippen molar-refractivity contribution < 1.29 is 8.42 Å². The molecule has 2 rings (SSSR count). The van der Waals surface area contributed by atoms with Crippen LogP contribution in [0.25, 0.3) is 5.70 Å². The van der Waals surface area contributed by atoms with E-state index in [1.807, 2.05) is 30.3 Å². The zero-order valence-corrected chi connectivity index (χ0v) is 11.0. The highest BCUT2D eigenvalue weighted by atomic mass is 32.2. The number of sulfonamides is 1. The molecule has 98 valence electrons. The van der Waals surface area contributed by atoms with Crippen molar-refractivity contribution in [2.45, 2.75) is 4.90 Å². The van der Waals surface area contributed by atoms with Gasteiger partial charge in [0.1, 0.15) is 0 Å². The molecule has 2 N–H and O–H groups in total. The number of hydrogen-bond donors (Lipinski definition) is 2. The highest BCUT2D eigenvalue weighted by Crippen LogP contribution is 2.09. The van der Waals surface area contributed by atoms with Crippen molar-refractivity contribution in [1.82, 2.24) is 10.3 Å². The van der Waals surface area contributed by atoms with Gasteiger partial charge < -0.3 is 5.43 Å². The summed E-state index contributed by atoms with van der Waals surface area (Å²) in [6.07, 6.45) is 0. The van der Waals surface area contributed by atoms with Crippen LogP contribution in [0, 0.1) is 0 Å². The lowest BCUT2D eigenvalue weighted by Crippen LogP contribution is -2.35. The molecule has 2 aromatic rings. The third-order valence-electron chi connectivity index (χ3n) is 2.51. The van der Waals surface area contributed by atoms with E-state index < -0.39 is 10.0 Å². The van der Waals surface area contributed by atoms with E-state index in [1.165, 1.54) is 12.1 Å². The van der Waals surface area contributed by atoms with Gasteiger partial charge in [-0.2, -0.15) is 0 Å². The van der Waals surface area contributed by atoms with Crippen LogP contribution in [-0.4, -0.2) is 8.42 Å². The van der Waals surface area contributed by atoms with Gasteiger partial charge in [0.25, 0.3) is 10.0 Å². The Balaban J connectivity index is 2.05. The molecule has 0 amide bonds. The minimum Gasteiger partial charge on any atom is -0.308 e. The number of nitrogens with one attached hydrogen (secondary N) is 2. The maximum Gasteiger partial charge on any atom is 0.257 e. The first-order valence-electron chi connectivity index (χ1n) is 5.67. The van der Waals surface area contributed by atoms with Crippen molar-refractivity contribution in [2.75, 3.05) is 0 Å². The van der Waals surface area contributed by atoms with Crippen LogP contribution in [0.4, 0.5) is 0 Å². The minimum absolute atomic E-state index is 0.198. The number of hydrogen-bond acceptors (Lipinski definition) is 3.